The van der Waals surface area contributed by atoms with Gasteiger partial charge in [-0.1, -0.05) is 24.3 Å². The first-order valence-electron chi connectivity index (χ1n) is 8.73. The van der Waals surface area contributed by atoms with Crippen molar-refractivity contribution in [1.29, 1.82) is 0 Å². The standard InChI is InChI=1S/C21H23NO5/c1-24-19-13-17(14-20(15-19)25-2)4-3-16-5-7-18(8-6-16)27-21(23)22-9-11-26-12-10-22/h3-8,13-15H,9-12H2,1-2H3/b4-3+. The maximum absolute atomic E-state index is 12.1. The van der Waals surface area contributed by atoms with Crippen LogP contribution in [0, 0.1) is 0 Å². The summed E-state index contributed by atoms with van der Waals surface area (Å²) in [5.74, 6) is 1.99. The highest BCUT2D eigenvalue weighted by atomic mass is 16.6. The van der Waals surface area contributed by atoms with E-state index in [9.17, 15) is 4.79 Å². The fourth-order valence-electron chi connectivity index (χ4n) is 2.68. The zero-order valence-corrected chi connectivity index (χ0v) is 15.5. The Morgan fingerprint density at radius 3 is 2.07 bits per heavy atom. The largest absolute Gasteiger partial charge is 0.497 e. The van der Waals surface area contributed by atoms with Crippen LogP contribution in [0.25, 0.3) is 12.2 Å². The number of ether oxygens (including phenoxy) is 4. The van der Waals surface area contributed by atoms with Crippen LogP contribution in [0.15, 0.2) is 42.5 Å². The second kappa shape index (κ2) is 9.09. The average Bonchev–Trinajstić information content (AvgIpc) is 2.73. The monoisotopic (exact) mass is 369 g/mol. The van der Waals surface area contributed by atoms with E-state index in [1.165, 1.54) is 0 Å². The number of carbonyl (C=O) groups excluding carboxylic acids is 1. The van der Waals surface area contributed by atoms with Gasteiger partial charge in [-0.3, -0.25) is 0 Å². The summed E-state index contributed by atoms with van der Waals surface area (Å²) in [7, 11) is 3.25. The van der Waals surface area contributed by atoms with Gasteiger partial charge in [0.2, 0.25) is 0 Å². The summed E-state index contributed by atoms with van der Waals surface area (Å²) in [4.78, 5) is 13.7. The van der Waals surface area contributed by atoms with Gasteiger partial charge in [0.25, 0.3) is 0 Å². The van der Waals surface area contributed by atoms with Gasteiger partial charge >= 0.3 is 6.09 Å². The summed E-state index contributed by atoms with van der Waals surface area (Å²) in [6.07, 6.45) is 3.60. The molecule has 2 aromatic rings. The average molecular weight is 369 g/mol. The van der Waals surface area contributed by atoms with Gasteiger partial charge in [0.05, 0.1) is 27.4 Å². The van der Waals surface area contributed by atoms with Crippen LogP contribution in [-0.4, -0.2) is 51.5 Å². The molecule has 1 aliphatic heterocycles. The Bertz CT molecular complexity index is 772. The molecule has 0 atom stereocenters. The summed E-state index contributed by atoms with van der Waals surface area (Å²) in [5, 5.41) is 0. The molecule has 1 amide bonds. The smallest absolute Gasteiger partial charge is 0.415 e. The van der Waals surface area contributed by atoms with Gasteiger partial charge in [-0.2, -0.15) is 0 Å². The summed E-state index contributed by atoms with van der Waals surface area (Å²) in [6, 6.07) is 13.0. The molecule has 0 spiro atoms. The predicted octanol–water partition coefficient (Wildman–Crippen LogP) is 3.71. The zero-order valence-electron chi connectivity index (χ0n) is 15.5. The zero-order chi connectivity index (χ0) is 19.1. The van der Waals surface area contributed by atoms with E-state index in [1.54, 1.807) is 31.3 Å². The van der Waals surface area contributed by atoms with Crippen molar-refractivity contribution < 1.29 is 23.7 Å². The van der Waals surface area contributed by atoms with E-state index in [4.69, 9.17) is 18.9 Å². The molecule has 142 valence electrons. The molecule has 0 saturated carbocycles. The third-order valence-electron chi connectivity index (χ3n) is 4.20. The first-order chi connectivity index (χ1) is 13.2. The number of hydrogen-bond donors (Lipinski definition) is 0. The third kappa shape index (κ3) is 5.24. The molecule has 0 unspecified atom stereocenters. The van der Waals surface area contributed by atoms with Crippen molar-refractivity contribution in [3.05, 3.63) is 53.6 Å². The lowest BCUT2D eigenvalue weighted by atomic mass is 10.1. The minimum absolute atomic E-state index is 0.343. The molecule has 6 nitrogen and oxygen atoms in total. The summed E-state index contributed by atoms with van der Waals surface area (Å²) in [5.41, 5.74) is 1.96. The van der Waals surface area contributed by atoms with E-state index in [-0.39, 0.29) is 6.09 Å². The van der Waals surface area contributed by atoms with Crippen molar-refractivity contribution in [3.8, 4) is 17.2 Å². The molecule has 1 aliphatic rings. The van der Waals surface area contributed by atoms with E-state index in [0.29, 0.717) is 32.1 Å². The van der Waals surface area contributed by atoms with Crippen LogP contribution < -0.4 is 14.2 Å². The van der Waals surface area contributed by atoms with Gasteiger partial charge in [-0.15, -0.1) is 0 Å². The van der Waals surface area contributed by atoms with Crippen LogP contribution in [0.2, 0.25) is 0 Å². The number of benzene rings is 2. The van der Waals surface area contributed by atoms with Gasteiger partial charge < -0.3 is 23.8 Å². The number of morpholine rings is 1. The topological polar surface area (TPSA) is 57.2 Å². The predicted molar refractivity (Wildman–Crippen MR) is 103 cm³/mol. The number of nitrogens with zero attached hydrogens (tertiary/aromatic N) is 1. The molecule has 0 aromatic heterocycles. The minimum Gasteiger partial charge on any atom is -0.497 e. The quantitative estimate of drug-likeness (QED) is 0.752. The van der Waals surface area contributed by atoms with Crippen LogP contribution in [0.3, 0.4) is 0 Å². The lowest BCUT2D eigenvalue weighted by Gasteiger charge is -2.25. The molecular weight excluding hydrogens is 346 g/mol. The summed E-state index contributed by atoms with van der Waals surface area (Å²) >= 11 is 0. The van der Waals surface area contributed by atoms with Crippen molar-refractivity contribution in [1.82, 2.24) is 4.90 Å². The normalized spacial score (nSPS) is 14.2. The highest BCUT2D eigenvalue weighted by molar-refractivity contribution is 5.73. The molecule has 1 fully saturated rings. The Labute approximate surface area is 158 Å². The Hall–Kier alpha value is -2.99. The molecule has 1 saturated heterocycles. The van der Waals surface area contributed by atoms with Gasteiger partial charge in [-0.25, -0.2) is 4.79 Å². The van der Waals surface area contributed by atoms with E-state index in [0.717, 1.165) is 22.6 Å². The Kier molecular flexibility index (Phi) is 6.33. The van der Waals surface area contributed by atoms with Crippen molar-refractivity contribution in [3.63, 3.8) is 0 Å². The molecule has 3 rings (SSSR count). The van der Waals surface area contributed by atoms with Crippen molar-refractivity contribution >= 4 is 18.2 Å². The van der Waals surface area contributed by atoms with E-state index in [2.05, 4.69) is 0 Å². The van der Waals surface area contributed by atoms with Crippen LogP contribution in [0.5, 0.6) is 17.2 Å². The maximum atomic E-state index is 12.1. The highest BCUT2D eigenvalue weighted by Crippen LogP contribution is 2.24. The molecule has 2 aromatic carbocycles. The molecule has 1 heterocycles. The first-order valence-corrected chi connectivity index (χ1v) is 8.73. The third-order valence-corrected chi connectivity index (χ3v) is 4.20. The second-order valence-electron chi connectivity index (χ2n) is 6.02. The molecular formula is C21H23NO5. The van der Waals surface area contributed by atoms with Gasteiger partial charge in [0.15, 0.2) is 0 Å². The lowest BCUT2D eigenvalue weighted by Crippen LogP contribution is -2.42. The van der Waals surface area contributed by atoms with Gasteiger partial charge in [0.1, 0.15) is 17.2 Å². The van der Waals surface area contributed by atoms with Crippen molar-refractivity contribution in [2.24, 2.45) is 0 Å². The van der Waals surface area contributed by atoms with Crippen LogP contribution in [-0.2, 0) is 4.74 Å². The van der Waals surface area contributed by atoms with Crippen molar-refractivity contribution in [2.75, 3.05) is 40.5 Å². The van der Waals surface area contributed by atoms with E-state index in [1.807, 2.05) is 42.5 Å². The Balaban J connectivity index is 1.63. The molecule has 0 radical (unpaired) electrons. The molecule has 0 bridgehead atoms. The van der Waals surface area contributed by atoms with Crippen LogP contribution in [0.4, 0.5) is 4.79 Å². The van der Waals surface area contributed by atoms with Crippen LogP contribution >= 0.6 is 0 Å². The minimum atomic E-state index is -0.343. The number of amides is 1. The van der Waals surface area contributed by atoms with Crippen LogP contribution in [0.1, 0.15) is 11.1 Å². The van der Waals surface area contributed by atoms with E-state index >= 15 is 0 Å². The van der Waals surface area contributed by atoms with Gasteiger partial charge in [0, 0.05) is 19.2 Å². The van der Waals surface area contributed by atoms with Crippen molar-refractivity contribution in [2.45, 2.75) is 0 Å². The maximum Gasteiger partial charge on any atom is 0.415 e. The fraction of sp³-hybridized carbons (Fsp3) is 0.286. The lowest BCUT2D eigenvalue weighted by molar-refractivity contribution is 0.0416. The highest BCUT2D eigenvalue weighted by Gasteiger charge is 2.18. The molecule has 27 heavy (non-hydrogen) atoms. The molecule has 6 heteroatoms. The first kappa shape index (κ1) is 18.8. The number of rotatable bonds is 5. The summed E-state index contributed by atoms with van der Waals surface area (Å²) in [6.45, 7) is 2.22. The number of hydrogen-bond acceptors (Lipinski definition) is 5. The fourth-order valence-corrected chi connectivity index (χ4v) is 2.68. The number of carbonyl (C=O) groups is 1. The Morgan fingerprint density at radius 1 is 0.889 bits per heavy atom. The SMILES string of the molecule is COc1cc(/C=C/c2ccc(OC(=O)N3CCOCC3)cc2)cc(OC)c1. The molecule has 0 aliphatic carbocycles. The molecule has 0 N–H and O–H groups in total. The summed E-state index contributed by atoms with van der Waals surface area (Å²) < 4.78 is 21.2. The van der Waals surface area contributed by atoms with E-state index < -0.39 is 0 Å². The Morgan fingerprint density at radius 2 is 1.48 bits per heavy atom. The second-order valence-corrected chi connectivity index (χ2v) is 6.02. The van der Waals surface area contributed by atoms with Gasteiger partial charge in [-0.05, 0) is 35.4 Å². The number of methoxy groups -OCH3 is 2.